The van der Waals surface area contributed by atoms with Gasteiger partial charge in [0, 0.05) is 19.0 Å². The van der Waals surface area contributed by atoms with Crippen molar-refractivity contribution >= 4 is 0 Å². The third-order valence-corrected chi connectivity index (χ3v) is 2.76. The average Bonchev–Trinajstić information content (AvgIpc) is 2.67. The monoisotopic (exact) mass is 185 g/mol. The quantitative estimate of drug-likeness (QED) is 0.638. The van der Waals surface area contributed by atoms with Crippen LogP contribution in [0.25, 0.3) is 0 Å². The lowest BCUT2D eigenvalue weighted by Gasteiger charge is -2.14. The molecule has 0 N–H and O–H groups in total. The Kier molecular flexibility index (Phi) is 2.86. The zero-order valence-electron chi connectivity index (χ0n) is 8.32. The minimum Gasteiger partial charge on any atom is -0.298 e. The predicted octanol–water partition coefficient (Wildman–Crippen LogP) is 2.14. The first-order chi connectivity index (χ1) is 6.88. The summed E-state index contributed by atoms with van der Waals surface area (Å²) in [6.45, 7) is 3.24. The first kappa shape index (κ1) is 9.30. The van der Waals surface area contributed by atoms with E-state index in [0.717, 1.165) is 26.1 Å². The molecular weight excluding hydrogens is 170 g/mol. The molecule has 1 unspecified atom stereocenters. The standard InChI is InChI=1S/C13H15N/c1-2-12-8-9-14(10-12)11-13-6-4-3-5-7-13/h1,3-7,12H,8-11H2. The van der Waals surface area contributed by atoms with Gasteiger partial charge in [-0.1, -0.05) is 30.3 Å². The van der Waals surface area contributed by atoms with Gasteiger partial charge in [-0.3, -0.25) is 4.90 Å². The van der Waals surface area contributed by atoms with Crippen LogP contribution in [0.3, 0.4) is 0 Å². The molecule has 72 valence electrons. The maximum absolute atomic E-state index is 5.41. The van der Waals surface area contributed by atoms with E-state index in [-0.39, 0.29) is 0 Å². The minimum absolute atomic E-state index is 0.471. The summed E-state index contributed by atoms with van der Waals surface area (Å²) in [6.07, 6.45) is 6.57. The Labute approximate surface area is 85.7 Å². The zero-order chi connectivity index (χ0) is 9.80. The molecule has 1 heteroatoms. The molecule has 1 aromatic rings. The highest BCUT2D eigenvalue weighted by molar-refractivity contribution is 5.15. The van der Waals surface area contributed by atoms with Crippen molar-refractivity contribution in [2.75, 3.05) is 13.1 Å². The molecule has 1 nitrogen and oxygen atoms in total. The van der Waals surface area contributed by atoms with E-state index in [0.29, 0.717) is 5.92 Å². The van der Waals surface area contributed by atoms with Crippen LogP contribution in [0, 0.1) is 18.3 Å². The van der Waals surface area contributed by atoms with Crippen LogP contribution in [-0.4, -0.2) is 18.0 Å². The molecule has 1 aromatic carbocycles. The highest BCUT2D eigenvalue weighted by atomic mass is 15.1. The third-order valence-electron chi connectivity index (χ3n) is 2.76. The lowest BCUT2D eigenvalue weighted by atomic mass is 10.1. The Balaban J connectivity index is 1.91. The molecule has 0 aliphatic carbocycles. The summed E-state index contributed by atoms with van der Waals surface area (Å²) in [7, 11) is 0. The molecule has 1 saturated heterocycles. The molecule has 1 aliphatic rings. The molecule has 0 amide bonds. The van der Waals surface area contributed by atoms with Gasteiger partial charge in [0.15, 0.2) is 0 Å². The highest BCUT2D eigenvalue weighted by Gasteiger charge is 2.19. The topological polar surface area (TPSA) is 3.24 Å². The van der Waals surface area contributed by atoms with Crippen molar-refractivity contribution in [1.82, 2.24) is 4.90 Å². The second kappa shape index (κ2) is 4.30. The van der Waals surface area contributed by atoms with E-state index in [2.05, 4.69) is 41.2 Å². The van der Waals surface area contributed by atoms with Gasteiger partial charge in [-0.05, 0) is 18.5 Å². The highest BCUT2D eigenvalue weighted by Crippen LogP contribution is 2.17. The van der Waals surface area contributed by atoms with Crippen molar-refractivity contribution in [3.8, 4) is 12.3 Å². The van der Waals surface area contributed by atoms with E-state index in [1.54, 1.807) is 0 Å². The molecule has 1 atom stereocenters. The van der Waals surface area contributed by atoms with Crippen LogP contribution in [0.4, 0.5) is 0 Å². The fraction of sp³-hybridized carbons (Fsp3) is 0.385. The summed E-state index contributed by atoms with van der Waals surface area (Å²) in [5, 5.41) is 0. The maximum atomic E-state index is 5.41. The van der Waals surface area contributed by atoms with Gasteiger partial charge in [0.05, 0.1) is 0 Å². The summed E-state index contributed by atoms with van der Waals surface area (Å²) >= 11 is 0. The van der Waals surface area contributed by atoms with E-state index >= 15 is 0 Å². The van der Waals surface area contributed by atoms with Crippen LogP contribution < -0.4 is 0 Å². The van der Waals surface area contributed by atoms with E-state index in [1.807, 2.05) is 0 Å². The number of rotatable bonds is 2. The zero-order valence-corrected chi connectivity index (χ0v) is 8.32. The second-order valence-corrected chi connectivity index (χ2v) is 3.87. The molecule has 14 heavy (non-hydrogen) atoms. The van der Waals surface area contributed by atoms with Gasteiger partial charge in [-0.2, -0.15) is 0 Å². The minimum atomic E-state index is 0.471. The summed E-state index contributed by atoms with van der Waals surface area (Å²) < 4.78 is 0. The Morgan fingerprint density at radius 3 is 2.79 bits per heavy atom. The lowest BCUT2D eigenvalue weighted by molar-refractivity contribution is 0.325. The number of benzene rings is 1. The van der Waals surface area contributed by atoms with Crippen molar-refractivity contribution in [3.63, 3.8) is 0 Å². The van der Waals surface area contributed by atoms with Crippen molar-refractivity contribution in [3.05, 3.63) is 35.9 Å². The largest absolute Gasteiger partial charge is 0.298 e. The van der Waals surface area contributed by atoms with Crippen LogP contribution in [0.2, 0.25) is 0 Å². The van der Waals surface area contributed by atoms with E-state index < -0.39 is 0 Å². The summed E-state index contributed by atoms with van der Waals surface area (Å²) in [6, 6.07) is 10.6. The van der Waals surface area contributed by atoms with Crippen molar-refractivity contribution in [2.24, 2.45) is 5.92 Å². The van der Waals surface area contributed by atoms with Crippen molar-refractivity contribution in [1.29, 1.82) is 0 Å². The molecule has 0 bridgehead atoms. The van der Waals surface area contributed by atoms with Crippen LogP contribution in [0.15, 0.2) is 30.3 Å². The Morgan fingerprint density at radius 1 is 1.36 bits per heavy atom. The van der Waals surface area contributed by atoms with E-state index in [9.17, 15) is 0 Å². The molecule has 1 fully saturated rings. The summed E-state index contributed by atoms with van der Waals surface area (Å²) in [5.74, 6) is 3.31. The molecular formula is C13H15N. The van der Waals surface area contributed by atoms with E-state index in [1.165, 1.54) is 5.56 Å². The molecule has 0 radical (unpaired) electrons. The van der Waals surface area contributed by atoms with Gasteiger partial charge in [-0.25, -0.2) is 0 Å². The predicted molar refractivity (Wildman–Crippen MR) is 58.7 cm³/mol. The van der Waals surface area contributed by atoms with Gasteiger partial charge in [0.1, 0.15) is 0 Å². The SMILES string of the molecule is C#CC1CCN(Cc2ccccc2)C1. The Morgan fingerprint density at radius 2 is 2.14 bits per heavy atom. The van der Waals surface area contributed by atoms with Crippen LogP contribution in [0.5, 0.6) is 0 Å². The van der Waals surface area contributed by atoms with Gasteiger partial charge in [0.25, 0.3) is 0 Å². The van der Waals surface area contributed by atoms with Gasteiger partial charge in [-0.15, -0.1) is 12.3 Å². The number of hydrogen-bond donors (Lipinski definition) is 0. The molecule has 2 rings (SSSR count). The molecule has 0 saturated carbocycles. The van der Waals surface area contributed by atoms with Gasteiger partial charge >= 0.3 is 0 Å². The number of terminal acetylenes is 1. The Hall–Kier alpha value is -1.26. The molecule has 0 spiro atoms. The van der Waals surface area contributed by atoms with Crippen molar-refractivity contribution < 1.29 is 0 Å². The second-order valence-electron chi connectivity index (χ2n) is 3.87. The number of likely N-dealkylation sites (tertiary alicyclic amines) is 1. The van der Waals surface area contributed by atoms with Crippen molar-refractivity contribution in [2.45, 2.75) is 13.0 Å². The van der Waals surface area contributed by atoms with Gasteiger partial charge < -0.3 is 0 Å². The Bertz CT molecular complexity index is 323. The van der Waals surface area contributed by atoms with Crippen LogP contribution in [-0.2, 0) is 6.54 Å². The fourth-order valence-corrected chi connectivity index (χ4v) is 1.95. The fourth-order valence-electron chi connectivity index (χ4n) is 1.95. The molecule has 1 heterocycles. The number of nitrogens with zero attached hydrogens (tertiary/aromatic N) is 1. The summed E-state index contributed by atoms with van der Waals surface area (Å²) in [4.78, 5) is 2.43. The van der Waals surface area contributed by atoms with Crippen LogP contribution >= 0.6 is 0 Å². The third kappa shape index (κ3) is 2.16. The summed E-state index contributed by atoms with van der Waals surface area (Å²) in [5.41, 5.74) is 1.38. The first-order valence-electron chi connectivity index (χ1n) is 5.11. The lowest BCUT2D eigenvalue weighted by Crippen LogP contribution is -2.19. The smallest absolute Gasteiger partial charge is 0.0339 e. The average molecular weight is 185 g/mol. The maximum Gasteiger partial charge on any atom is 0.0339 e. The van der Waals surface area contributed by atoms with E-state index in [4.69, 9.17) is 6.42 Å². The molecule has 1 aliphatic heterocycles. The number of hydrogen-bond acceptors (Lipinski definition) is 1. The molecule has 0 aromatic heterocycles. The van der Waals surface area contributed by atoms with Gasteiger partial charge in [0.2, 0.25) is 0 Å². The van der Waals surface area contributed by atoms with Crippen LogP contribution in [0.1, 0.15) is 12.0 Å². The normalized spacial score (nSPS) is 22.1. The first-order valence-corrected chi connectivity index (χ1v) is 5.11.